The van der Waals surface area contributed by atoms with Gasteiger partial charge in [-0.15, -0.1) is 0 Å². The van der Waals surface area contributed by atoms with E-state index in [9.17, 15) is 20.1 Å². The number of aromatic hydroxyl groups is 2. The molecule has 160 valence electrons. The van der Waals surface area contributed by atoms with Crippen molar-refractivity contribution in [3.05, 3.63) is 47.5 Å². The van der Waals surface area contributed by atoms with E-state index in [0.29, 0.717) is 12.3 Å². The number of aliphatic hydroxyl groups excluding tert-OH is 1. The molecule has 0 saturated carbocycles. The quantitative estimate of drug-likeness (QED) is 0.562. The zero-order chi connectivity index (χ0) is 21.1. The number of carbonyl (C=O) groups is 1. The molecule has 2 heterocycles. The summed E-state index contributed by atoms with van der Waals surface area (Å²) in [5, 5.41) is 33.3. The molecular formula is C22H26N2O6. The number of aliphatic hydroxyl groups is 1. The molecule has 2 unspecified atom stereocenters. The molecule has 8 nitrogen and oxygen atoms in total. The van der Waals surface area contributed by atoms with Gasteiger partial charge in [0.25, 0.3) is 0 Å². The maximum atomic E-state index is 12.6. The number of benzene rings is 2. The molecule has 1 fully saturated rings. The van der Waals surface area contributed by atoms with Crippen LogP contribution in [0.5, 0.6) is 23.0 Å². The van der Waals surface area contributed by atoms with Gasteiger partial charge in [0.15, 0.2) is 5.78 Å². The lowest BCUT2D eigenvalue weighted by Gasteiger charge is -2.29. The Hall–Kier alpha value is -2.81. The van der Waals surface area contributed by atoms with E-state index in [1.54, 1.807) is 18.2 Å². The summed E-state index contributed by atoms with van der Waals surface area (Å²) in [5.41, 5.74) is 0.891. The minimum Gasteiger partial charge on any atom is -0.508 e. The summed E-state index contributed by atoms with van der Waals surface area (Å²) in [6, 6.07) is 9.41. The maximum absolute atomic E-state index is 12.6. The van der Waals surface area contributed by atoms with Crippen molar-refractivity contribution in [1.82, 2.24) is 10.2 Å². The molecule has 30 heavy (non-hydrogen) atoms. The molecular weight excluding hydrogens is 388 g/mol. The number of hydrogen-bond donors (Lipinski definition) is 4. The van der Waals surface area contributed by atoms with Crippen LogP contribution in [0.25, 0.3) is 0 Å². The van der Waals surface area contributed by atoms with Gasteiger partial charge in [-0.3, -0.25) is 9.69 Å². The third kappa shape index (κ3) is 4.67. The molecule has 0 bridgehead atoms. The number of phenolic OH excluding ortho intramolecular Hbond substituents is 2. The first-order chi connectivity index (χ1) is 14.5. The minimum atomic E-state index is -0.673. The third-order valence-electron chi connectivity index (χ3n) is 5.36. The summed E-state index contributed by atoms with van der Waals surface area (Å²) in [5.74, 6) is 0.278. The average molecular weight is 414 g/mol. The van der Waals surface area contributed by atoms with Crippen LogP contribution < -0.4 is 14.8 Å². The molecule has 8 heteroatoms. The number of nitrogens with zero attached hydrogens (tertiary/aromatic N) is 1. The maximum Gasteiger partial charge on any atom is 0.174 e. The predicted molar refractivity (Wildman–Crippen MR) is 109 cm³/mol. The van der Waals surface area contributed by atoms with Crippen molar-refractivity contribution in [2.24, 2.45) is 0 Å². The molecule has 1 saturated heterocycles. The van der Waals surface area contributed by atoms with Gasteiger partial charge >= 0.3 is 0 Å². The summed E-state index contributed by atoms with van der Waals surface area (Å²) in [4.78, 5) is 14.7. The summed E-state index contributed by atoms with van der Waals surface area (Å²) in [6.45, 7) is 4.14. The number of hydrogen-bond acceptors (Lipinski definition) is 8. The van der Waals surface area contributed by atoms with Gasteiger partial charge in [0, 0.05) is 44.9 Å². The van der Waals surface area contributed by atoms with Crippen molar-refractivity contribution in [3.8, 4) is 23.0 Å². The number of Topliss-reactive ketones (excluding diaryl/α,β-unsaturated/α-hetero) is 1. The molecule has 0 aliphatic carbocycles. The highest BCUT2D eigenvalue weighted by molar-refractivity contribution is 6.02. The van der Waals surface area contributed by atoms with Crippen LogP contribution in [0.4, 0.5) is 0 Å². The minimum absolute atomic E-state index is 0.0670. The molecule has 0 radical (unpaired) electrons. The lowest BCUT2D eigenvalue weighted by molar-refractivity contribution is 0.0635. The number of nitrogens with one attached hydrogen (secondary N) is 1. The monoisotopic (exact) mass is 414 g/mol. The predicted octanol–water partition coefficient (Wildman–Crippen LogP) is 1.45. The highest BCUT2D eigenvalue weighted by atomic mass is 16.5. The van der Waals surface area contributed by atoms with Gasteiger partial charge in [0.1, 0.15) is 47.4 Å². The zero-order valence-electron chi connectivity index (χ0n) is 16.6. The topological polar surface area (TPSA) is 111 Å². The van der Waals surface area contributed by atoms with E-state index in [0.717, 1.165) is 31.7 Å². The van der Waals surface area contributed by atoms with Gasteiger partial charge in [0.05, 0.1) is 6.42 Å². The van der Waals surface area contributed by atoms with Crippen molar-refractivity contribution in [1.29, 1.82) is 0 Å². The number of fused-ring (bicyclic) bond motifs is 1. The van der Waals surface area contributed by atoms with Crippen molar-refractivity contribution < 1.29 is 29.6 Å². The SMILES string of the molecule is O=C1CC(c2ccc(O)cc2)Oc2cc(OCC(O)CN3CCNCC3)cc(O)c21. The standard InChI is InChI=1S/C22H26N2O6/c25-15-3-1-14(2-4-15)20-11-19(28)22-18(27)9-17(10-21(22)30-20)29-13-16(26)12-24-7-5-23-6-8-24/h1-4,9-10,16,20,23,25-27H,5-8,11-13H2. The van der Waals surface area contributed by atoms with E-state index in [2.05, 4.69) is 10.2 Å². The molecule has 0 aromatic heterocycles. The van der Waals surface area contributed by atoms with E-state index >= 15 is 0 Å². The number of rotatable bonds is 6. The second kappa shape index (κ2) is 8.91. The normalized spacial score (nSPS) is 20.3. The van der Waals surface area contributed by atoms with E-state index in [1.165, 1.54) is 18.2 Å². The second-order valence-corrected chi connectivity index (χ2v) is 7.66. The first-order valence-corrected chi connectivity index (χ1v) is 10.1. The van der Waals surface area contributed by atoms with Crippen molar-refractivity contribution in [3.63, 3.8) is 0 Å². The number of ether oxygens (including phenoxy) is 2. The average Bonchev–Trinajstić information content (AvgIpc) is 2.73. The fourth-order valence-electron chi connectivity index (χ4n) is 3.81. The van der Waals surface area contributed by atoms with E-state index in [1.807, 2.05) is 0 Å². The number of carbonyl (C=O) groups excluding carboxylic acids is 1. The van der Waals surface area contributed by atoms with Gasteiger partial charge in [-0.2, -0.15) is 0 Å². The summed E-state index contributed by atoms with van der Waals surface area (Å²) in [6.07, 6.45) is -1.10. The Morgan fingerprint density at radius 2 is 1.90 bits per heavy atom. The smallest absolute Gasteiger partial charge is 0.174 e. The van der Waals surface area contributed by atoms with Crippen molar-refractivity contribution in [2.45, 2.75) is 18.6 Å². The van der Waals surface area contributed by atoms with Gasteiger partial charge in [-0.1, -0.05) is 12.1 Å². The van der Waals surface area contributed by atoms with Crippen LogP contribution in [0.2, 0.25) is 0 Å². The van der Waals surface area contributed by atoms with Gasteiger partial charge < -0.3 is 30.1 Å². The van der Waals surface area contributed by atoms with Crippen molar-refractivity contribution in [2.75, 3.05) is 39.3 Å². The molecule has 0 amide bonds. The van der Waals surface area contributed by atoms with Gasteiger partial charge in [-0.05, 0) is 17.7 Å². The van der Waals surface area contributed by atoms with E-state index in [-0.39, 0.29) is 41.6 Å². The Labute approximate surface area is 174 Å². The van der Waals surface area contributed by atoms with Gasteiger partial charge in [0.2, 0.25) is 0 Å². The first-order valence-electron chi connectivity index (χ1n) is 10.1. The molecule has 4 N–H and O–H groups in total. The number of ketones is 1. The van der Waals surface area contributed by atoms with E-state index < -0.39 is 12.2 Å². The molecule has 0 spiro atoms. The molecule has 2 aromatic carbocycles. The fourth-order valence-corrected chi connectivity index (χ4v) is 3.81. The zero-order valence-corrected chi connectivity index (χ0v) is 16.6. The van der Waals surface area contributed by atoms with Crippen LogP contribution in [0.1, 0.15) is 28.4 Å². The number of phenols is 2. The van der Waals surface area contributed by atoms with Crippen LogP contribution in [-0.4, -0.2) is 71.4 Å². The van der Waals surface area contributed by atoms with Crippen LogP contribution in [-0.2, 0) is 0 Å². The summed E-state index contributed by atoms with van der Waals surface area (Å²) < 4.78 is 11.6. The Bertz CT molecular complexity index is 895. The largest absolute Gasteiger partial charge is 0.508 e. The van der Waals surface area contributed by atoms with Crippen LogP contribution in [0.3, 0.4) is 0 Å². The van der Waals surface area contributed by atoms with E-state index in [4.69, 9.17) is 9.47 Å². The van der Waals surface area contributed by atoms with Crippen LogP contribution >= 0.6 is 0 Å². The molecule has 4 rings (SSSR count). The third-order valence-corrected chi connectivity index (χ3v) is 5.36. The second-order valence-electron chi connectivity index (χ2n) is 7.66. The highest BCUT2D eigenvalue weighted by Crippen LogP contribution is 2.42. The Balaban J connectivity index is 1.44. The number of β-amino-alcohol motifs (C(OH)–C–C–N with tert-alkyl or cyclic N) is 1. The molecule has 2 aliphatic rings. The van der Waals surface area contributed by atoms with Crippen molar-refractivity contribution >= 4 is 5.78 Å². The number of piperazine rings is 1. The van der Waals surface area contributed by atoms with Gasteiger partial charge in [-0.25, -0.2) is 0 Å². The Kier molecular flexibility index (Phi) is 6.08. The Morgan fingerprint density at radius 3 is 2.63 bits per heavy atom. The highest BCUT2D eigenvalue weighted by Gasteiger charge is 2.31. The fraction of sp³-hybridized carbons (Fsp3) is 0.409. The lowest BCUT2D eigenvalue weighted by atomic mass is 9.95. The van der Waals surface area contributed by atoms with Crippen LogP contribution in [0, 0.1) is 0 Å². The van der Waals surface area contributed by atoms with Crippen LogP contribution in [0.15, 0.2) is 36.4 Å². The Morgan fingerprint density at radius 1 is 1.17 bits per heavy atom. The summed E-state index contributed by atoms with van der Waals surface area (Å²) >= 11 is 0. The molecule has 2 aromatic rings. The first kappa shape index (κ1) is 20.5. The molecule has 2 aliphatic heterocycles. The lowest BCUT2D eigenvalue weighted by Crippen LogP contribution is -2.47. The molecule has 2 atom stereocenters. The summed E-state index contributed by atoms with van der Waals surface area (Å²) in [7, 11) is 0.